The van der Waals surface area contributed by atoms with Crippen LogP contribution in [0.15, 0.2) is 22.7 Å². The lowest BCUT2D eigenvalue weighted by molar-refractivity contribution is 0.0545. The smallest absolute Gasteiger partial charge is 0.142 e. The number of benzene rings is 1. The SMILES string of the molecule is COCCOCCOc1ccc(Br)cc1N. The standard InChI is InChI=1S/C11H16BrNO3/c1-14-4-5-15-6-7-16-11-3-2-9(12)8-10(11)13/h2-3,8H,4-7,13H2,1H3. The Balaban J connectivity index is 2.21. The average molecular weight is 290 g/mol. The van der Waals surface area contributed by atoms with Crippen LogP contribution in [0.5, 0.6) is 5.75 Å². The van der Waals surface area contributed by atoms with E-state index < -0.39 is 0 Å². The molecule has 0 heterocycles. The van der Waals surface area contributed by atoms with Crippen molar-refractivity contribution in [3.05, 3.63) is 22.7 Å². The zero-order chi connectivity index (χ0) is 11.8. The number of rotatable bonds is 7. The molecule has 2 N–H and O–H groups in total. The Morgan fingerprint density at radius 1 is 1.19 bits per heavy atom. The summed E-state index contributed by atoms with van der Waals surface area (Å²) in [5.74, 6) is 0.679. The summed E-state index contributed by atoms with van der Waals surface area (Å²) in [6.45, 7) is 2.19. The summed E-state index contributed by atoms with van der Waals surface area (Å²) in [5.41, 5.74) is 6.38. The van der Waals surface area contributed by atoms with Crippen LogP contribution in [0.2, 0.25) is 0 Å². The van der Waals surface area contributed by atoms with Crippen LogP contribution in [0.3, 0.4) is 0 Å². The van der Waals surface area contributed by atoms with Crippen LogP contribution in [-0.2, 0) is 9.47 Å². The summed E-state index contributed by atoms with van der Waals surface area (Å²) in [6.07, 6.45) is 0. The fourth-order valence-corrected chi connectivity index (χ4v) is 1.48. The van der Waals surface area contributed by atoms with Crippen molar-refractivity contribution in [2.45, 2.75) is 0 Å². The Morgan fingerprint density at radius 3 is 2.62 bits per heavy atom. The first-order valence-electron chi connectivity index (χ1n) is 4.98. The zero-order valence-electron chi connectivity index (χ0n) is 9.24. The molecule has 1 aromatic carbocycles. The van der Waals surface area contributed by atoms with E-state index in [0.29, 0.717) is 37.9 Å². The molecule has 0 amide bonds. The van der Waals surface area contributed by atoms with E-state index in [9.17, 15) is 0 Å². The van der Waals surface area contributed by atoms with Gasteiger partial charge in [-0.15, -0.1) is 0 Å². The highest BCUT2D eigenvalue weighted by Crippen LogP contribution is 2.24. The lowest BCUT2D eigenvalue weighted by Crippen LogP contribution is -2.10. The molecule has 0 saturated heterocycles. The van der Waals surface area contributed by atoms with Crippen LogP contribution >= 0.6 is 15.9 Å². The summed E-state index contributed by atoms with van der Waals surface area (Å²) in [7, 11) is 1.64. The second-order valence-electron chi connectivity index (χ2n) is 3.14. The van der Waals surface area contributed by atoms with Crippen molar-refractivity contribution in [2.75, 3.05) is 39.3 Å². The minimum atomic E-state index is 0.482. The van der Waals surface area contributed by atoms with Crippen molar-refractivity contribution >= 4 is 21.6 Å². The van der Waals surface area contributed by atoms with Crippen molar-refractivity contribution in [3.63, 3.8) is 0 Å². The second-order valence-corrected chi connectivity index (χ2v) is 4.05. The van der Waals surface area contributed by atoms with Gasteiger partial charge < -0.3 is 19.9 Å². The normalized spacial score (nSPS) is 10.4. The molecule has 0 aromatic heterocycles. The van der Waals surface area contributed by atoms with Crippen LogP contribution in [0.25, 0.3) is 0 Å². The number of hydrogen-bond acceptors (Lipinski definition) is 4. The van der Waals surface area contributed by atoms with Crippen molar-refractivity contribution in [1.29, 1.82) is 0 Å². The van der Waals surface area contributed by atoms with Gasteiger partial charge in [-0.1, -0.05) is 15.9 Å². The predicted molar refractivity (Wildman–Crippen MR) is 66.7 cm³/mol. The summed E-state index contributed by atoms with van der Waals surface area (Å²) in [4.78, 5) is 0. The molecule has 0 bridgehead atoms. The summed E-state index contributed by atoms with van der Waals surface area (Å²) in [5, 5.41) is 0. The molecule has 1 rings (SSSR count). The molecule has 0 atom stereocenters. The number of hydrogen-bond donors (Lipinski definition) is 1. The molecule has 0 saturated carbocycles. The van der Waals surface area contributed by atoms with E-state index in [1.54, 1.807) is 13.2 Å². The Hall–Kier alpha value is -0.780. The maximum Gasteiger partial charge on any atom is 0.142 e. The zero-order valence-corrected chi connectivity index (χ0v) is 10.8. The quantitative estimate of drug-likeness (QED) is 0.617. The fourth-order valence-electron chi connectivity index (χ4n) is 1.11. The molecule has 4 nitrogen and oxygen atoms in total. The highest BCUT2D eigenvalue weighted by atomic mass is 79.9. The largest absolute Gasteiger partial charge is 0.489 e. The van der Waals surface area contributed by atoms with Crippen molar-refractivity contribution in [3.8, 4) is 5.75 Å². The first kappa shape index (κ1) is 13.3. The minimum Gasteiger partial charge on any atom is -0.489 e. The van der Waals surface area contributed by atoms with E-state index in [4.69, 9.17) is 19.9 Å². The molecule has 90 valence electrons. The van der Waals surface area contributed by atoms with Gasteiger partial charge in [-0.3, -0.25) is 0 Å². The summed E-state index contributed by atoms with van der Waals surface area (Å²) >= 11 is 3.33. The molecule has 0 aliphatic heterocycles. The molecular weight excluding hydrogens is 274 g/mol. The van der Waals surface area contributed by atoms with Crippen molar-refractivity contribution in [1.82, 2.24) is 0 Å². The molecule has 0 radical (unpaired) electrons. The van der Waals surface area contributed by atoms with Crippen LogP contribution < -0.4 is 10.5 Å². The Kier molecular flexibility index (Phi) is 6.22. The van der Waals surface area contributed by atoms with E-state index >= 15 is 0 Å². The minimum absolute atomic E-state index is 0.482. The average Bonchev–Trinajstić information content (AvgIpc) is 2.26. The van der Waals surface area contributed by atoms with E-state index in [0.717, 1.165) is 4.47 Å². The number of nitrogens with two attached hydrogens (primary N) is 1. The second kappa shape index (κ2) is 7.49. The highest BCUT2D eigenvalue weighted by Gasteiger charge is 2.00. The first-order valence-corrected chi connectivity index (χ1v) is 5.78. The van der Waals surface area contributed by atoms with Gasteiger partial charge in [0.2, 0.25) is 0 Å². The summed E-state index contributed by atoms with van der Waals surface area (Å²) < 4.78 is 16.5. The predicted octanol–water partition coefficient (Wildman–Crippen LogP) is 2.07. The third-order valence-electron chi connectivity index (χ3n) is 1.89. The molecule has 0 aliphatic carbocycles. The summed E-state index contributed by atoms with van der Waals surface area (Å²) in [6, 6.07) is 5.52. The topological polar surface area (TPSA) is 53.7 Å². The van der Waals surface area contributed by atoms with E-state index in [1.165, 1.54) is 0 Å². The van der Waals surface area contributed by atoms with Gasteiger partial charge in [0.15, 0.2) is 0 Å². The highest BCUT2D eigenvalue weighted by molar-refractivity contribution is 9.10. The van der Waals surface area contributed by atoms with Gasteiger partial charge in [-0.05, 0) is 18.2 Å². The van der Waals surface area contributed by atoms with Gasteiger partial charge in [-0.25, -0.2) is 0 Å². The maximum atomic E-state index is 5.77. The van der Waals surface area contributed by atoms with Gasteiger partial charge in [0, 0.05) is 11.6 Å². The third-order valence-corrected chi connectivity index (χ3v) is 2.38. The van der Waals surface area contributed by atoms with Crippen LogP contribution in [0.1, 0.15) is 0 Å². The third kappa shape index (κ3) is 4.83. The number of ether oxygens (including phenoxy) is 3. The fraction of sp³-hybridized carbons (Fsp3) is 0.455. The Morgan fingerprint density at radius 2 is 1.94 bits per heavy atom. The molecular formula is C11H16BrNO3. The van der Waals surface area contributed by atoms with Gasteiger partial charge in [-0.2, -0.15) is 0 Å². The van der Waals surface area contributed by atoms with Crippen LogP contribution in [-0.4, -0.2) is 33.5 Å². The Bertz CT molecular complexity index is 320. The van der Waals surface area contributed by atoms with E-state index in [-0.39, 0.29) is 0 Å². The number of anilines is 1. The van der Waals surface area contributed by atoms with Gasteiger partial charge in [0.25, 0.3) is 0 Å². The van der Waals surface area contributed by atoms with Gasteiger partial charge in [0.1, 0.15) is 12.4 Å². The van der Waals surface area contributed by atoms with Crippen molar-refractivity contribution in [2.24, 2.45) is 0 Å². The molecule has 16 heavy (non-hydrogen) atoms. The van der Waals surface area contributed by atoms with E-state index in [1.807, 2.05) is 12.1 Å². The lowest BCUT2D eigenvalue weighted by atomic mass is 10.3. The number of halogens is 1. The van der Waals surface area contributed by atoms with Crippen molar-refractivity contribution < 1.29 is 14.2 Å². The first-order chi connectivity index (χ1) is 7.74. The molecule has 0 fully saturated rings. The number of methoxy groups -OCH3 is 1. The lowest BCUT2D eigenvalue weighted by Gasteiger charge is -2.09. The monoisotopic (exact) mass is 289 g/mol. The van der Waals surface area contributed by atoms with Crippen LogP contribution in [0, 0.1) is 0 Å². The van der Waals surface area contributed by atoms with Gasteiger partial charge >= 0.3 is 0 Å². The molecule has 0 spiro atoms. The van der Waals surface area contributed by atoms with E-state index in [2.05, 4.69) is 15.9 Å². The maximum absolute atomic E-state index is 5.77. The Labute approximate surface area is 104 Å². The van der Waals surface area contributed by atoms with Gasteiger partial charge in [0.05, 0.1) is 25.5 Å². The molecule has 1 aromatic rings. The molecule has 5 heteroatoms. The van der Waals surface area contributed by atoms with Crippen LogP contribution in [0.4, 0.5) is 5.69 Å². The number of nitrogen functional groups attached to an aromatic ring is 1. The molecule has 0 aliphatic rings. The molecule has 0 unspecified atom stereocenters.